The summed E-state index contributed by atoms with van der Waals surface area (Å²) in [5, 5.41) is 5.09. The third-order valence-corrected chi connectivity index (χ3v) is 5.39. The van der Waals surface area contributed by atoms with Crippen LogP contribution >= 0.6 is 11.3 Å². The lowest BCUT2D eigenvalue weighted by Gasteiger charge is -2.34. The standard InChI is InChI=1S/C21H22N4O2S/c26-21(20-5-1-2-11-25(20)13-17-14-28-15-23-17)24-16-6-8-18(9-7-16)27-19-4-3-10-22-12-19/h3-4,6-10,12,14-15,20H,1-2,5,11,13H2,(H,24,26)/t20-/m0/s1. The van der Waals surface area contributed by atoms with Crippen molar-refractivity contribution in [2.75, 3.05) is 11.9 Å². The molecule has 0 unspecified atom stereocenters. The third kappa shape index (κ3) is 4.74. The molecule has 0 aliphatic carbocycles. The molecule has 2 aromatic heterocycles. The Morgan fingerprint density at radius 1 is 1.21 bits per heavy atom. The molecule has 1 amide bonds. The van der Waals surface area contributed by atoms with Gasteiger partial charge < -0.3 is 10.1 Å². The molecular formula is C21H22N4O2S. The summed E-state index contributed by atoms with van der Waals surface area (Å²) < 4.78 is 5.74. The first-order valence-corrected chi connectivity index (χ1v) is 10.3. The second-order valence-electron chi connectivity index (χ2n) is 6.77. The summed E-state index contributed by atoms with van der Waals surface area (Å²) in [6.07, 6.45) is 6.43. The number of hydrogen-bond donors (Lipinski definition) is 1. The van der Waals surface area contributed by atoms with Gasteiger partial charge in [-0.05, 0) is 55.8 Å². The number of benzene rings is 1. The zero-order chi connectivity index (χ0) is 19.2. The van der Waals surface area contributed by atoms with Gasteiger partial charge in [0.05, 0.1) is 23.4 Å². The average Bonchev–Trinajstić information content (AvgIpc) is 3.24. The van der Waals surface area contributed by atoms with Crippen LogP contribution in [-0.4, -0.2) is 33.4 Å². The van der Waals surface area contributed by atoms with Gasteiger partial charge in [-0.3, -0.25) is 14.7 Å². The van der Waals surface area contributed by atoms with Crippen molar-refractivity contribution >= 4 is 22.9 Å². The molecule has 1 fully saturated rings. The van der Waals surface area contributed by atoms with Gasteiger partial charge in [-0.2, -0.15) is 0 Å². The van der Waals surface area contributed by atoms with E-state index in [1.807, 2.05) is 47.3 Å². The molecule has 0 bridgehead atoms. The second kappa shape index (κ2) is 8.95. The van der Waals surface area contributed by atoms with Gasteiger partial charge in [0.2, 0.25) is 5.91 Å². The Morgan fingerprint density at radius 3 is 2.86 bits per heavy atom. The predicted octanol–water partition coefficient (Wildman–Crippen LogP) is 4.32. The molecule has 3 aromatic rings. The molecule has 28 heavy (non-hydrogen) atoms. The second-order valence-corrected chi connectivity index (χ2v) is 7.48. The number of pyridine rings is 1. The molecule has 144 valence electrons. The fraction of sp³-hybridized carbons (Fsp3) is 0.286. The molecule has 4 rings (SSSR count). The number of piperidine rings is 1. The van der Waals surface area contributed by atoms with Crippen LogP contribution in [0.3, 0.4) is 0 Å². The lowest BCUT2D eigenvalue weighted by Crippen LogP contribution is -2.46. The topological polar surface area (TPSA) is 67.3 Å². The lowest BCUT2D eigenvalue weighted by atomic mass is 10.0. The fourth-order valence-corrected chi connectivity index (χ4v) is 3.93. The Labute approximate surface area is 168 Å². The van der Waals surface area contributed by atoms with Crippen LogP contribution in [0.25, 0.3) is 0 Å². The van der Waals surface area contributed by atoms with Crippen molar-refractivity contribution < 1.29 is 9.53 Å². The van der Waals surface area contributed by atoms with E-state index < -0.39 is 0 Å². The van der Waals surface area contributed by atoms with Gasteiger partial charge in [0.1, 0.15) is 11.5 Å². The molecule has 1 aromatic carbocycles. The molecule has 1 atom stereocenters. The molecular weight excluding hydrogens is 372 g/mol. The van der Waals surface area contributed by atoms with E-state index in [9.17, 15) is 4.79 Å². The van der Waals surface area contributed by atoms with E-state index in [2.05, 4.69) is 20.2 Å². The van der Waals surface area contributed by atoms with Crippen molar-refractivity contribution in [1.82, 2.24) is 14.9 Å². The first-order chi connectivity index (χ1) is 13.8. The highest BCUT2D eigenvalue weighted by atomic mass is 32.1. The van der Waals surface area contributed by atoms with Crippen molar-refractivity contribution in [3.63, 3.8) is 0 Å². The Hall–Kier alpha value is -2.77. The number of nitrogens with one attached hydrogen (secondary N) is 1. The summed E-state index contributed by atoms with van der Waals surface area (Å²) in [7, 11) is 0. The van der Waals surface area contributed by atoms with Crippen LogP contribution in [0.2, 0.25) is 0 Å². The van der Waals surface area contributed by atoms with E-state index in [1.165, 1.54) is 0 Å². The summed E-state index contributed by atoms with van der Waals surface area (Å²) in [4.78, 5) is 23.5. The van der Waals surface area contributed by atoms with Crippen LogP contribution in [-0.2, 0) is 11.3 Å². The monoisotopic (exact) mass is 394 g/mol. The van der Waals surface area contributed by atoms with Crippen LogP contribution in [0.5, 0.6) is 11.5 Å². The van der Waals surface area contributed by atoms with Gasteiger partial charge in [-0.15, -0.1) is 11.3 Å². The quantitative estimate of drug-likeness (QED) is 0.674. The number of likely N-dealkylation sites (tertiary alicyclic amines) is 1. The summed E-state index contributed by atoms with van der Waals surface area (Å²) in [5.41, 5.74) is 3.63. The minimum absolute atomic E-state index is 0.0378. The number of nitrogens with zero attached hydrogens (tertiary/aromatic N) is 3. The highest BCUT2D eigenvalue weighted by molar-refractivity contribution is 7.07. The number of carbonyl (C=O) groups excluding carboxylic acids is 1. The van der Waals surface area contributed by atoms with Crippen molar-refractivity contribution in [3.8, 4) is 11.5 Å². The van der Waals surface area contributed by atoms with Gasteiger partial charge in [0.15, 0.2) is 0 Å². The highest BCUT2D eigenvalue weighted by Gasteiger charge is 2.29. The minimum Gasteiger partial charge on any atom is -0.456 e. The number of rotatable bonds is 6. The van der Waals surface area contributed by atoms with Gasteiger partial charge in [-0.25, -0.2) is 4.98 Å². The Kier molecular flexibility index (Phi) is 5.94. The van der Waals surface area contributed by atoms with Crippen molar-refractivity contribution in [2.45, 2.75) is 31.8 Å². The van der Waals surface area contributed by atoms with Crippen LogP contribution in [0.4, 0.5) is 5.69 Å². The number of anilines is 1. The van der Waals surface area contributed by atoms with Crippen molar-refractivity contribution in [3.05, 3.63) is 65.4 Å². The van der Waals surface area contributed by atoms with E-state index in [-0.39, 0.29) is 11.9 Å². The molecule has 0 radical (unpaired) electrons. The lowest BCUT2D eigenvalue weighted by molar-refractivity contribution is -0.122. The first-order valence-electron chi connectivity index (χ1n) is 9.38. The van der Waals surface area contributed by atoms with E-state index in [4.69, 9.17) is 4.74 Å². The summed E-state index contributed by atoms with van der Waals surface area (Å²) in [6, 6.07) is 11.0. The minimum atomic E-state index is -0.123. The zero-order valence-corrected chi connectivity index (χ0v) is 16.3. The predicted molar refractivity (Wildman–Crippen MR) is 110 cm³/mol. The fourth-order valence-electron chi connectivity index (χ4n) is 3.38. The summed E-state index contributed by atoms with van der Waals surface area (Å²) in [6.45, 7) is 1.65. The maximum atomic E-state index is 12.9. The van der Waals surface area contributed by atoms with Crippen LogP contribution in [0.15, 0.2) is 59.7 Å². The molecule has 3 heterocycles. The van der Waals surface area contributed by atoms with Gasteiger partial charge in [-0.1, -0.05) is 6.42 Å². The largest absolute Gasteiger partial charge is 0.456 e. The number of thiazole rings is 1. The molecule has 0 saturated carbocycles. The van der Waals surface area contributed by atoms with Crippen LogP contribution in [0, 0.1) is 0 Å². The SMILES string of the molecule is O=C(Nc1ccc(Oc2cccnc2)cc1)[C@@H]1CCCCN1Cc1cscn1. The normalized spacial score (nSPS) is 17.2. The summed E-state index contributed by atoms with van der Waals surface area (Å²) in [5.74, 6) is 1.42. The van der Waals surface area contributed by atoms with E-state index >= 15 is 0 Å². The Balaban J connectivity index is 1.37. The molecule has 6 nitrogen and oxygen atoms in total. The summed E-state index contributed by atoms with van der Waals surface area (Å²) >= 11 is 1.59. The van der Waals surface area contributed by atoms with Crippen LogP contribution < -0.4 is 10.1 Å². The maximum absolute atomic E-state index is 12.9. The maximum Gasteiger partial charge on any atom is 0.241 e. The van der Waals surface area contributed by atoms with Gasteiger partial charge in [0.25, 0.3) is 0 Å². The van der Waals surface area contributed by atoms with Crippen molar-refractivity contribution in [1.29, 1.82) is 0 Å². The van der Waals surface area contributed by atoms with Gasteiger partial charge >= 0.3 is 0 Å². The van der Waals surface area contributed by atoms with E-state index in [1.54, 1.807) is 23.7 Å². The smallest absolute Gasteiger partial charge is 0.241 e. The van der Waals surface area contributed by atoms with Crippen LogP contribution in [0.1, 0.15) is 25.0 Å². The number of carbonyl (C=O) groups is 1. The van der Waals surface area contributed by atoms with Gasteiger partial charge in [0, 0.05) is 23.8 Å². The van der Waals surface area contributed by atoms with Crippen molar-refractivity contribution in [2.24, 2.45) is 0 Å². The van der Waals surface area contributed by atoms with E-state index in [0.717, 1.165) is 43.7 Å². The number of hydrogen-bond acceptors (Lipinski definition) is 6. The number of aromatic nitrogens is 2. The van der Waals surface area contributed by atoms with E-state index in [0.29, 0.717) is 11.5 Å². The molecule has 1 aliphatic rings. The molecule has 1 saturated heterocycles. The third-order valence-electron chi connectivity index (χ3n) is 4.76. The first kappa shape index (κ1) is 18.6. The molecule has 1 N–H and O–H groups in total. The Morgan fingerprint density at radius 2 is 2.11 bits per heavy atom. The molecule has 1 aliphatic heterocycles. The molecule has 0 spiro atoms. The highest BCUT2D eigenvalue weighted by Crippen LogP contribution is 2.24. The average molecular weight is 395 g/mol. The number of amides is 1. The Bertz CT molecular complexity index is 885. The molecule has 7 heteroatoms. The number of ether oxygens (including phenoxy) is 1. The zero-order valence-electron chi connectivity index (χ0n) is 15.5.